The third kappa shape index (κ3) is 4.44. The number of rotatable bonds is 3. The molecule has 0 N–H and O–H groups in total. The van der Waals surface area contributed by atoms with E-state index in [1.54, 1.807) is 7.11 Å². The molecule has 1 amide bonds. The molecule has 1 fully saturated rings. The van der Waals surface area contributed by atoms with Crippen molar-refractivity contribution in [1.29, 1.82) is 0 Å². The van der Waals surface area contributed by atoms with Crippen LogP contribution in [0.1, 0.15) is 51.7 Å². The van der Waals surface area contributed by atoms with Gasteiger partial charge in [0.1, 0.15) is 5.60 Å². The Hall–Kier alpha value is -2.04. The van der Waals surface area contributed by atoms with Crippen molar-refractivity contribution in [3.63, 3.8) is 0 Å². The quantitative estimate of drug-likeness (QED) is 0.605. The van der Waals surface area contributed by atoms with Gasteiger partial charge in [0.25, 0.3) is 0 Å². The van der Waals surface area contributed by atoms with Crippen LogP contribution in [0.15, 0.2) is 54.6 Å². The summed E-state index contributed by atoms with van der Waals surface area (Å²) in [6.07, 6.45) is 0.985. The maximum atomic E-state index is 13.1. The molecule has 2 atom stereocenters. The van der Waals surface area contributed by atoms with Crippen LogP contribution in [-0.2, 0) is 20.6 Å². The number of benzene rings is 2. The second-order valence-corrected chi connectivity index (χ2v) is 9.34. The molecule has 0 radical (unpaired) electrons. The fraction of sp³-hybridized carbons (Fsp3) is 0.458. The predicted octanol–water partition coefficient (Wildman–Crippen LogP) is 6.13. The number of carbonyl (C=O) groups is 1. The first-order valence-corrected chi connectivity index (χ1v) is 10.3. The van der Waals surface area contributed by atoms with Crippen molar-refractivity contribution in [3.05, 3.63) is 70.7 Å². The molecule has 0 aliphatic carbocycles. The molecule has 2 aromatic rings. The summed E-state index contributed by atoms with van der Waals surface area (Å²) in [5.41, 5.74) is 0.461. The van der Waals surface area contributed by atoms with E-state index in [1.807, 2.05) is 68.1 Å². The van der Waals surface area contributed by atoms with Crippen LogP contribution in [0.2, 0.25) is 5.02 Å². The topological polar surface area (TPSA) is 38.8 Å². The fourth-order valence-corrected chi connectivity index (χ4v) is 4.36. The maximum absolute atomic E-state index is 13.1. The monoisotopic (exact) mass is 415 g/mol. The number of methoxy groups -OCH3 is 1. The summed E-state index contributed by atoms with van der Waals surface area (Å²) >= 11 is 6.11. The Bertz CT molecular complexity index is 847. The Morgan fingerprint density at radius 1 is 1.03 bits per heavy atom. The molecule has 0 spiro atoms. The molecular formula is C24H30ClNO3. The molecule has 5 heteroatoms. The maximum Gasteiger partial charge on any atom is 0.411 e. The zero-order chi connectivity index (χ0) is 21.3. The second-order valence-electron chi connectivity index (χ2n) is 8.90. The van der Waals surface area contributed by atoms with Crippen LogP contribution >= 0.6 is 11.6 Å². The molecule has 0 saturated carbocycles. The van der Waals surface area contributed by atoms with Crippen LogP contribution in [0.5, 0.6) is 0 Å². The van der Waals surface area contributed by atoms with Gasteiger partial charge in [-0.25, -0.2) is 4.79 Å². The SMILES string of the molecule is COC1(c2ccc(Cl)cc2)CCN(C(=O)OC(C)(C)C)C(C)(c2ccccc2)C1. The van der Waals surface area contributed by atoms with E-state index in [0.29, 0.717) is 24.4 Å². The lowest BCUT2D eigenvalue weighted by Crippen LogP contribution is -2.58. The third-order valence-electron chi connectivity index (χ3n) is 5.74. The van der Waals surface area contributed by atoms with E-state index in [2.05, 4.69) is 19.1 Å². The van der Waals surface area contributed by atoms with E-state index in [0.717, 1.165) is 11.1 Å². The normalized spacial score (nSPS) is 25.0. The van der Waals surface area contributed by atoms with Gasteiger partial charge in [0.2, 0.25) is 0 Å². The number of piperidine rings is 1. The van der Waals surface area contributed by atoms with E-state index in [9.17, 15) is 4.79 Å². The Morgan fingerprint density at radius 3 is 2.21 bits per heavy atom. The number of hydrogen-bond donors (Lipinski definition) is 0. The number of halogens is 1. The van der Waals surface area contributed by atoms with Crippen LogP contribution in [0.3, 0.4) is 0 Å². The average molecular weight is 416 g/mol. The highest BCUT2D eigenvalue weighted by atomic mass is 35.5. The Labute approximate surface area is 178 Å². The van der Waals surface area contributed by atoms with Crippen LogP contribution < -0.4 is 0 Å². The van der Waals surface area contributed by atoms with Crippen molar-refractivity contribution in [2.75, 3.05) is 13.7 Å². The highest BCUT2D eigenvalue weighted by Gasteiger charge is 2.51. The van der Waals surface area contributed by atoms with Crippen LogP contribution in [0.25, 0.3) is 0 Å². The number of hydrogen-bond acceptors (Lipinski definition) is 3. The number of nitrogens with zero attached hydrogens (tertiary/aromatic N) is 1. The van der Waals surface area contributed by atoms with E-state index in [1.165, 1.54) is 0 Å². The minimum atomic E-state index is -0.586. The smallest absolute Gasteiger partial charge is 0.411 e. The number of amides is 1. The number of ether oxygens (including phenoxy) is 2. The van der Waals surface area contributed by atoms with Crippen molar-refractivity contribution in [3.8, 4) is 0 Å². The molecule has 3 rings (SSSR count). The van der Waals surface area contributed by atoms with Crippen molar-refractivity contribution in [2.45, 2.75) is 57.3 Å². The fourth-order valence-electron chi connectivity index (χ4n) is 4.24. The van der Waals surface area contributed by atoms with E-state index >= 15 is 0 Å². The lowest BCUT2D eigenvalue weighted by atomic mass is 9.71. The van der Waals surface area contributed by atoms with Crippen molar-refractivity contribution in [2.24, 2.45) is 0 Å². The molecule has 2 unspecified atom stereocenters. The van der Waals surface area contributed by atoms with Crippen LogP contribution in [0, 0.1) is 0 Å². The summed E-state index contributed by atoms with van der Waals surface area (Å²) in [5, 5.41) is 0.692. The minimum absolute atomic E-state index is 0.301. The van der Waals surface area contributed by atoms with Gasteiger partial charge in [-0.1, -0.05) is 54.1 Å². The molecule has 1 heterocycles. The third-order valence-corrected chi connectivity index (χ3v) is 5.99. The van der Waals surface area contributed by atoms with Gasteiger partial charge < -0.3 is 9.47 Å². The molecule has 1 saturated heterocycles. The zero-order valence-electron chi connectivity index (χ0n) is 17.9. The zero-order valence-corrected chi connectivity index (χ0v) is 18.6. The summed E-state index contributed by atoms with van der Waals surface area (Å²) in [6, 6.07) is 17.9. The van der Waals surface area contributed by atoms with Gasteiger partial charge >= 0.3 is 6.09 Å². The summed E-state index contributed by atoms with van der Waals surface area (Å²) in [5.74, 6) is 0. The highest BCUT2D eigenvalue weighted by molar-refractivity contribution is 6.30. The Kier molecular flexibility index (Phi) is 5.98. The van der Waals surface area contributed by atoms with Crippen molar-refractivity contribution < 1.29 is 14.3 Å². The first-order chi connectivity index (χ1) is 13.6. The van der Waals surface area contributed by atoms with E-state index in [-0.39, 0.29) is 6.09 Å². The minimum Gasteiger partial charge on any atom is -0.444 e. The molecular weight excluding hydrogens is 386 g/mol. The van der Waals surface area contributed by atoms with Gasteiger partial charge in [-0.3, -0.25) is 4.90 Å². The summed E-state index contributed by atoms with van der Waals surface area (Å²) in [6.45, 7) is 8.29. The molecule has 156 valence electrons. The van der Waals surface area contributed by atoms with E-state index in [4.69, 9.17) is 21.1 Å². The largest absolute Gasteiger partial charge is 0.444 e. The van der Waals surface area contributed by atoms with Crippen LogP contribution in [-0.4, -0.2) is 30.2 Å². The first kappa shape index (κ1) is 21.7. The standard InChI is InChI=1S/C24H30ClNO3/c1-22(2,3)29-21(27)26-16-15-24(28-5,19-11-13-20(25)14-12-19)17-23(26,4)18-9-7-6-8-10-18/h6-14H,15-17H2,1-5H3. The molecule has 4 nitrogen and oxygen atoms in total. The lowest BCUT2D eigenvalue weighted by Gasteiger charge is -2.52. The van der Waals surface area contributed by atoms with E-state index < -0.39 is 16.7 Å². The predicted molar refractivity (Wildman–Crippen MR) is 116 cm³/mol. The van der Waals surface area contributed by atoms with Gasteiger partial charge in [-0.2, -0.15) is 0 Å². The lowest BCUT2D eigenvalue weighted by molar-refractivity contribution is -0.112. The van der Waals surface area contributed by atoms with Crippen LogP contribution in [0.4, 0.5) is 4.79 Å². The molecule has 2 aromatic carbocycles. The number of carbonyl (C=O) groups excluding carboxylic acids is 1. The van der Waals surface area contributed by atoms with Crippen molar-refractivity contribution >= 4 is 17.7 Å². The van der Waals surface area contributed by atoms with Gasteiger partial charge in [-0.05, 0) is 57.4 Å². The Balaban J connectivity index is 2.04. The second kappa shape index (κ2) is 8.00. The summed E-state index contributed by atoms with van der Waals surface area (Å²) < 4.78 is 11.9. The summed E-state index contributed by atoms with van der Waals surface area (Å²) in [7, 11) is 1.74. The van der Waals surface area contributed by atoms with Gasteiger partial charge in [0.05, 0.1) is 11.1 Å². The highest BCUT2D eigenvalue weighted by Crippen LogP contribution is 2.48. The molecule has 0 bridgehead atoms. The van der Waals surface area contributed by atoms with Gasteiger partial charge in [-0.15, -0.1) is 0 Å². The average Bonchev–Trinajstić information content (AvgIpc) is 2.67. The summed E-state index contributed by atoms with van der Waals surface area (Å²) in [4.78, 5) is 15.0. The number of likely N-dealkylation sites (tertiary alicyclic amines) is 1. The molecule has 29 heavy (non-hydrogen) atoms. The Morgan fingerprint density at radius 2 is 1.66 bits per heavy atom. The molecule has 0 aromatic heterocycles. The first-order valence-electron chi connectivity index (χ1n) is 9.97. The molecule has 1 aliphatic rings. The molecule has 1 aliphatic heterocycles. The van der Waals surface area contributed by atoms with Gasteiger partial charge in [0, 0.05) is 25.1 Å². The van der Waals surface area contributed by atoms with Gasteiger partial charge in [0.15, 0.2) is 0 Å². The van der Waals surface area contributed by atoms with Crippen molar-refractivity contribution in [1.82, 2.24) is 4.90 Å².